The average Bonchev–Trinajstić information content (AvgIpc) is 2.18. The molecule has 0 aliphatic carbocycles. The molecule has 1 rings (SSSR count). The largest absolute Gasteiger partial charge is 0.289 e. The Morgan fingerprint density at radius 1 is 1.42 bits per heavy atom. The molecule has 1 nitrogen and oxygen atoms in total. The van der Waals surface area contributed by atoms with Gasteiger partial charge in [-0.25, -0.2) is 0 Å². The maximum Gasteiger partial charge on any atom is 0.213 e. The molecule has 0 fully saturated rings. The van der Waals surface area contributed by atoms with Crippen LogP contribution in [0.15, 0.2) is 43.0 Å². The van der Waals surface area contributed by atoms with Crippen LogP contribution in [0.25, 0.3) is 0 Å². The normalized spacial score (nSPS) is 14.8. The van der Waals surface area contributed by atoms with Gasteiger partial charge >= 0.3 is 0 Å². The van der Waals surface area contributed by atoms with Crippen molar-refractivity contribution in [3.63, 3.8) is 0 Å². The molecule has 61 valence electrons. The summed E-state index contributed by atoms with van der Waals surface area (Å²) in [5.74, 6) is 0. The number of carbonyl (C=O) groups excluding carboxylic acids is 1. The zero-order chi connectivity index (χ0) is 9.03. The molecule has 1 heteroatoms. The van der Waals surface area contributed by atoms with Gasteiger partial charge in [-0.1, -0.05) is 36.4 Å². The van der Waals surface area contributed by atoms with Crippen molar-refractivity contribution in [2.75, 3.05) is 0 Å². The van der Waals surface area contributed by atoms with Crippen LogP contribution in [0.3, 0.4) is 0 Å². The summed E-state index contributed by atoms with van der Waals surface area (Å²) < 4.78 is 0. The molecule has 0 heterocycles. The van der Waals surface area contributed by atoms with Crippen LogP contribution in [-0.4, -0.2) is 6.29 Å². The van der Waals surface area contributed by atoms with E-state index in [0.29, 0.717) is 0 Å². The number of hydrogen-bond acceptors (Lipinski definition) is 1. The monoisotopic (exact) mass is 159 g/mol. The Bertz CT molecular complexity index is 266. The topological polar surface area (TPSA) is 17.1 Å². The Morgan fingerprint density at radius 2 is 2.00 bits per heavy atom. The van der Waals surface area contributed by atoms with Gasteiger partial charge in [-0.05, 0) is 12.5 Å². The van der Waals surface area contributed by atoms with Crippen molar-refractivity contribution in [3.05, 3.63) is 48.6 Å². The minimum Gasteiger partial charge on any atom is -0.289 e. The van der Waals surface area contributed by atoms with E-state index >= 15 is 0 Å². The van der Waals surface area contributed by atoms with E-state index in [1.807, 2.05) is 36.6 Å². The van der Waals surface area contributed by atoms with Gasteiger partial charge in [0, 0.05) is 0 Å². The van der Waals surface area contributed by atoms with Gasteiger partial charge in [0.25, 0.3) is 0 Å². The molecule has 0 aromatic heterocycles. The third-order valence-electron chi connectivity index (χ3n) is 1.99. The molecule has 0 N–H and O–H groups in total. The maximum absolute atomic E-state index is 10.7. The first-order chi connectivity index (χ1) is 5.73. The quantitative estimate of drug-likeness (QED) is 0.618. The molecule has 1 aromatic carbocycles. The lowest BCUT2D eigenvalue weighted by atomic mass is 9.84. The van der Waals surface area contributed by atoms with E-state index in [0.717, 1.165) is 5.56 Å². The van der Waals surface area contributed by atoms with Gasteiger partial charge in [0.05, 0.1) is 5.41 Å². The Morgan fingerprint density at radius 3 is 2.42 bits per heavy atom. The van der Waals surface area contributed by atoms with Crippen molar-refractivity contribution in [1.82, 2.24) is 0 Å². The Kier molecular flexibility index (Phi) is 2.44. The molecule has 0 aliphatic rings. The Balaban J connectivity index is 3.11. The molecule has 1 aromatic rings. The molecular formula is C11H11O. The van der Waals surface area contributed by atoms with Gasteiger partial charge < -0.3 is 0 Å². The van der Waals surface area contributed by atoms with Crippen LogP contribution in [0.2, 0.25) is 0 Å². The predicted octanol–water partition coefficient (Wildman–Crippen LogP) is 2.24. The molecule has 0 aliphatic heterocycles. The highest BCUT2D eigenvalue weighted by molar-refractivity contribution is 5.71. The zero-order valence-corrected chi connectivity index (χ0v) is 7.08. The van der Waals surface area contributed by atoms with Crippen molar-refractivity contribution in [2.24, 2.45) is 0 Å². The summed E-state index contributed by atoms with van der Waals surface area (Å²) in [7, 11) is 0. The summed E-state index contributed by atoms with van der Waals surface area (Å²) in [6, 6.07) is 9.50. The highest BCUT2D eigenvalue weighted by Gasteiger charge is 2.22. The first-order valence-electron chi connectivity index (χ1n) is 3.81. The van der Waals surface area contributed by atoms with E-state index in [1.54, 1.807) is 13.0 Å². The minimum absolute atomic E-state index is 0.665. The van der Waals surface area contributed by atoms with Crippen LogP contribution in [0, 0.1) is 0 Å². The van der Waals surface area contributed by atoms with Crippen molar-refractivity contribution >= 4 is 6.29 Å². The first-order valence-corrected chi connectivity index (χ1v) is 3.81. The number of allylic oxidation sites excluding steroid dienone is 1. The lowest BCUT2D eigenvalue weighted by Gasteiger charge is -2.16. The van der Waals surface area contributed by atoms with Gasteiger partial charge in [0.1, 0.15) is 0 Å². The van der Waals surface area contributed by atoms with E-state index in [1.165, 1.54) is 0 Å². The zero-order valence-electron chi connectivity index (χ0n) is 7.08. The van der Waals surface area contributed by atoms with Crippen molar-refractivity contribution < 1.29 is 4.79 Å². The first kappa shape index (κ1) is 8.72. The van der Waals surface area contributed by atoms with Crippen molar-refractivity contribution in [2.45, 2.75) is 12.3 Å². The van der Waals surface area contributed by atoms with E-state index in [2.05, 4.69) is 6.58 Å². The minimum atomic E-state index is -0.665. The highest BCUT2D eigenvalue weighted by Crippen LogP contribution is 2.21. The van der Waals surface area contributed by atoms with E-state index in [9.17, 15) is 4.79 Å². The third-order valence-corrected chi connectivity index (χ3v) is 1.99. The molecule has 0 saturated carbocycles. The fourth-order valence-electron chi connectivity index (χ4n) is 1.00. The molecule has 12 heavy (non-hydrogen) atoms. The average molecular weight is 159 g/mol. The molecule has 0 saturated heterocycles. The second-order valence-electron chi connectivity index (χ2n) is 2.87. The summed E-state index contributed by atoms with van der Waals surface area (Å²) in [6.45, 7) is 5.41. The summed E-state index contributed by atoms with van der Waals surface area (Å²) >= 11 is 0. The summed E-state index contributed by atoms with van der Waals surface area (Å²) in [6.07, 6.45) is 3.58. The molecule has 0 spiro atoms. The van der Waals surface area contributed by atoms with Gasteiger partial charge in [-0.2, -0.15) is 0 Å². The van der Waals surface area contributed by atoms with Crippen LogP contribution < -0.4 is 0 Å². The van der Waals surface area contributed by atoms with E-state index in [-0.39, 0.29) is 0 Å². The van der Waals surface area contributed by atoms with Gasteiger partial charge in [0.15, 0.2) is 0 Å². The van der Waals surface area contributed by atoms with Gasteiger partial charge in [-0.3, -0.25) is 4.79 Å². The summed E-state index contributed by atoms with van der Waals surface area (Å²) in [5.41, 5.74) is 0.261. The fourth-order valence-corrected chi connectivity index (χ4v) is 1.00. The third kappa shape index (κ3) is 1.45. The molecule has 0 amide bonds. The van der Waals surface area contributed by atoms with E-state index in [4.69, 9.17) is 0 Å². The van der Waals surface area contributed by atoms with Crippen LogP contribution >= 0.6 is 0 Å². The SMILES string of the molecule is C=CC(C)([C]=O)c1ccccc1. The summed E-state index contributed by atoms with van der Waals surface area (Å²) in [4.78, 5) is 10.7. The predicted molar refractivity (Wildman–Crippen MR) is 49.7 cm³/mol. The lowest BCUT2D eigenvalue weighted by molar-refractivity contribution is 0.530. The Hall–Kier alpha value is -1.37. The molecule has 0 bridgehead atoms. The van der Waals surface area contributed by atoms with Crippen LogP contribution in [0.4, 0.5) is 0 Å². The molecule has 1 unspecified atom stereocenters. The maximum atomic E-state index is 10.7. The fraction of sp³-hybridized carbons (Fsp3) is 0.182. The molecule has 1 atom stereocenters. The number of rotatable bonds is 3. The van der Waals surface area contributed by atoms with Crippen molar-refractivity contribution in [1.29, 1.82) is 0 Å². The molecule has 1 radical (unpaired) electrons. The summed E-state index contributed by atoms with van der Waals surface area (Å²) in [5, 5.41) is 0. The number of hydrogen-bond donors (Lipinski definition) is 0. The van der Waals surface area contributed by atoms with Crippen LogP contribution in [-0.2, 0) is 10.2 Å². The smallest absolute Gasteiger partial charge is 0.213 e. The molecular weight excluding hydrogens is 148 g/mol. The second kappa shape index (κ2) is 3.35. The van der Waals surface area contributed by atoms with Gasteiger partial charge in [-0.15, -0.1) is 6.58 Å². The Labute approximate surface area is 72.7 Å². The highest BCUT2D eigenvalue weighted by atomic mass is 16.1. The number of benzene rings is 1. The van der Waals surface area contributed by atoms with Crippen molar-refractivity contribution in [3.8, 4) is 0 Å². The standard InChI is InChI=1S/C11H11O/c1-3-11(2,9-12)10-7-5-4-6-8-10/h3-8H,1H2,2H3. The second-order valence-corrected chi connectivity index (χ2v) is 2.87. The lowest BCUT2D eigenvalue weighted by Crippen LogP contribution is -2.19. The van der Waals surface area contributed by atoms with E-state index < -0.39 is 5.41 Å². The van der Waals surface area contributed by atoms with Crippen LogP contribution in [0.5, 0.6) is 0 Å². The van der Waals surface area contributed by atoms with Gasteiger partial charge in [0.2, 0.25) is 6.29 Å². The van der Waals surface area contributed by atoms with Crippen LogP contribution in [0.1, 0.15) is 12.5 Å².